The molecule has 1 aliphatic carbocycles. The highest BCUT2D eigenvalue weighted by atomic mass is 16.5. The molecule has 1 aliphatic rings. The Morgan fingerprint density at radius 1 is 1.30 bits per heavy atom. The fourth-order valence-corrected chi connectivity index (χ4v) is 3.41. The molecule has 7 heteroatoms. The van der Waals surface area contributed by atoms with Crippen molar-refractivity contribution in [1.29, 1.82) is 0 Å². The molecule has 0 spiro atoms. The molecule has 27 heavy (non-hydrogen) atoms. The molecule has 150 valence electrons. The van der Waals surface area contributed by atoms with Gasteiger partial charge in [0.1, 0.15) is 5.75 Å². The molecule has 1 fully saturated rings. The molecule has 1 aromatic carbocycles. The molecule has 0 radical (unpaired) electrons. The Hall–Kier alpha value is -2.28. The van der Waals surface area contributed by atoms with Crippen molar-refractivity contribution in [2.24, 2.45) is 0 Å². The van der Waals surface area contributed by atoms with Crippen LogP contribution in [0.4, 0.5) is 4.79 Å². The van der Waals surface area contributed by atoms with Crippen molar-refractivity contribution in [1.82, 2.24) is 15.5 Å². The number of nitrogens with zero attached hydrogens (tertiary/aromatic N) is 1. The summed E-state index contributed by atoms with van der Waals surface area (Å²) < 4.78 is 5.17. The van der Waals surface area contributed by atoms with Crippen molar-refractivity contribution in [2.75, 3.05) is 26.7 Å². The van der Waals surface area contributed by atoms with Crippen LogP contribution < -0.4 is 15.4 Å². The van der Waals surface area contributed by atoms with Gasteiger partial charge in [0.2, 0.25) is 0 Å². The third kappa shape index (κ3) is 6.43. The van der Waals surface area contributed by atoms with E-state index in [-0.39, 0.29) is 24.7 Å². The summed E-state index contributed by atoms with van der Waals surface area (Å²) in [5, 5.41) is 14.8. The zero-order valence-electron chi connectivity index (χ0n) is 16.4. The third-order valence-corrected chi connectivity index (χ3v) is 5.26. The number of rotatable bonds is 10. The van der Waals surface area contributed by atoms with Gasteiger partial charge in [-0.1, -0.05) is 26.0 Å². The lowest BCUT2D eigenvalue weighted by Crippen LogP contribution is -2.56. The lowest BCUT2D eigenvalue weighted by atomic mass is 9.85. The topological polar surface area (TPSA) is 90.9 Å². The first-order valence-corrected chi connectivity index (χ1v) is 9.57. The van der Waals surface area contributed by atoms with Gasteiger partial charge in [-0.15, -0.1) is 0 Å². The molecule has 0 aliphatic heterocycles. The van der Waals surface area contributed by atoms with Crippen LogP contribution in [0.25, 0.3) is 0 Å². The van der Waals surface area contributed by atoms with E-state index in [0.29, 0.717) is 19.0 Å². The van der Waals surface area contributed by atoms with E-state index in [1.807, 2.05) is 24.0 Å². The Morgan fingerprint density at radius 2 is 1.96 bits per heavy atom. The van der Waals surface area contributed by atoms with Crippen molar-refractivity contribution >= 4 is 12.0 Å². The monoisotopic (exact) mass is 377 g/mol. The summed E-state index contributed by atoms with van der Waals surface area (Å²) in [7, 11) is 1.65. The van der Waals surface area contributed by atoms with Crippen LogP contribution in [0.15, 0.2) is 24.3 Å². The van der Waals surface area contributed by atoms with Crippen LogP contribution in [0.1, 0.15) is 44.6 Å². The van der Waals surface area contributed by atoms with Gasteiger partial charge in [-0.3, -0.25) is 9.69 Å². The number of aliphatic carboxylic acids is 1. The van der Waals surface area contributed by atoms with Crippen LogP contribution in [-0.4, -0.2) is 60.8 Å². The van der Waals surface area contributed by atoms with E-state index in [0.717, 1.165) is 25.0 Å². The van der Waals surface area contributed by atoms with E-state index in [9.17, 15) is 9.59 Å². The van der Waals surface area contributed by atoms with Crippen molar-refractivity contribution in [3.63, 3.8) is 0 Å². The second-order valence-corrected chi connectivity index (χ2v) is 7.14. The molecule has 2 amide bonds. The fourth-order valence-electron chi connectivity index (χ4n) is 3.41. The number of hydrogen-bond acceptors (Lipinski definition) is 4. The number of carboxylic acid groups (broad SMARTS) is 1. The Bertz CT molecular complexity index is 614. The van der Waals surface area contributed by atoms with Crippen molar-refractivity contribution < 1.29 is 19.4 Å². The van der Waals surface area contributed by atoms with Gasteiger partial charge in [0.15, 0.2) is 0 Å². The van der Waals surface area contributed by atoms with Gasteiger partial charge < -0.3 is 20.5 Å². The fraction of sp³-hybridized carbons (Fsp3) is 0.600. The van der Waals surface area contributed by atoms with Gasteiger partial charge in [-0.2, -0.15) is 0 Å². The number of benzene rings is 1. The summed E-state index contributed by atoms with van der Waals surface area (Å²) in [6, 6.07) is 8.21. The number of likely N-dealkylation sites (N-methyl/N-ethyl adjacent to an activating group) is 1. The second-order valence-electron chi connectivity index (χ2n) is 7.14. The van der Waals surface area contributed by atoms with E-state index >= 15 is 0 Å². The SMILES string of the molecule is CCN(CC(=O)O)C1CC(NC(=O)NCCC(C)c2ccc(OC)cc2)C1. The van der Waals surface area contributed by atoms with Gasteiger partial charge in [0, 0.05) is 18.6 Å². The first-order valence-electron chi connectivity index (χ1n) is 9.57. The zero-order chi connectivity index (χ0) is 19.8. The Kier molecular flexibility index (Phi) is 7.91. The summed E-state index contributed by atoms with van der Waals surface area (Å²) in [6.07, 6.45) is 2.46. The highest BCUT2D eigenvalue weighted by Crippen LogP contribution is 2.25. The molecule has 7 nitrogen and oxygen atoms in total. The smallest absolute Gasteiger partial charge is 0.317 e. The molecule has 1 aromatic rings. The minimum Gasteiger partial charge on any atom is -0.497 e. The zero-order valence-corrected chi connectivity index (χ0v) is 16.4. The number of carbonyl (C=O) groups is 2. The molecule has 0 saturated heterocycles. The summed E-state index contributed by atoms with van der Waals surface area (Å²) in [5.41, 5.74) is 1.22. The number of carboxylic acids is 1. The van der Waals surface area contributed by atoms with Crippen LogP contribution in [0.2, 0.25) is 0 Å². The number of nitrogens with one attached hydrogen (secondary N) is 2. The van der Waals surface area contributed by atoms with Gasteiger partial charge in [-0.25, -0.2) is 4.79 Å². The van der Waals surface area contributed by atoms with E-state index < -0.39 is 5.97 Å². The maximum Gasteiger partial charge on any atom is 0.317 e. The molecular weight excluding hydrogens is 346 g/mol. The number of methoxy groups -OCH3 is 1. The summed E-state index contributed by atoms with van der Waals surface area (Å²) >= 11 is 0. The molecule has 2 rings (SSSR count). The van der Waals surface area contributed by atoms with Gasteiger partial charge in [-0.05, 0) is 49.4 Å². The molecule has 1 saturated carbocycles. The Morgan fingerprint density at radius 3 is 2.52 bits per heavy atom. The molecule has 0 bridgehead atoms. The maximum absolute atomic E-state index is 12.0. The first kappa shape index (κ1) is 21.0. The lowest BCUT2D eigenvalue weighted by Gasteiger charge is -2.42. The maximum atomic E-state index is 12.0. The number of amides is 2. The van der Waals surface area contributed by atoms with Crippen LogP contribution >= 0.6 is 0 Å². The average Bonchev–Trinajstić information content (AvgIpc) is 2.62. The van der Waals surface area contributed by atoms with Crippen LogP contribution in [0.5, 0.6) is 5.75 Å². The van der Waals surface area contributed by atoms with Crippen LogP contribution in [0.3, 0.4) is 0 Å². The summed E-state index contributed by atoms with van der Waals surface area (Å²) in [4.78, 5) is 24.8. The molecule has 1 atom stereocenters. The summed E-state index contributed by atoms with van der Waals surface area (Å²) in [5.74, 6) is 0.377. The van der Waals surface area contributed by atoms with Crippen LogP contribution in [0, 0.1) is 0 Å². The minimum absolute atomic E-state index is 0.0589. The number of urea groups is 1. The third-order valence-electron chi connectivity index (χ3n) is 5.26. The summed E-state index contributed by atoms with van der Waals surface area (Å²) in [6.45, 7) is 5.47. The van der Waals surface area contributed by atoms with Crippen LogP contribution in [-0.2, 0) is 4.79 Å². The van der Waals surface area contributed by atoms with E-state index in [1.54, 1.807) is 7.11 Å². The molecule has 0 aromatic heterocycles. The molecule has 0 heterocycles. The van der Waals surface area contributed by atoms with Gasteiger partial charge in [0.25, 0.3) is 0 Å². The highest BCUT2D eigenvalue weighted by Gasteiger charge is 2.34. The van der Waals surface area contributed by atoms with E-state index in [4.69, 9.17) is 9.84 Å². The normalized spacial score (nSPS) is 19.9. The Balaban J connectivity index is 1.63. The predicted octanol–water partition coefficient (Wildman–Crippen LogP) is 2.43. The van der Waals surface area contributed by atoms with Crippen molar-refractivity contribution in [3.8, 4) is 5.75 Å². The van der Waals surface area contributed by atoms with E-state index in [2.05, 4.69) is 29.7 Å². The quantitative estimate of drug-likeness (QED) is 0.583. The largest absolute Gasteiger partial charge is 0.497 e. The second kappa shape index (κ2) is 10.2. The molecule has 3 N–H and O–H groups in total. The first-order chi connectivity index (χ1) is 12.9. The van der Waals surface area contributed by atoms with Gasteiger partial charge >= 0.3 is 12.0 Å². The number of hydrogen-bond donors (Lipinski definition) is 3. The number of ether oxygens (including phenoxy) is 1. The van der Waals surface area contributed by atoms with Gasteiger partial charge in [0.05, 0.1) is 13.7 Å². The van der Waals surface area contributed by atoms with Crippen molar-refractivity contribution in [2.45, 2.75) is 51.1 Å². The molecular formula is C20H31N3O4. The Labute approximate surface area is 161 Å². The highest BCUT2D eigenvalue weighted by molar-refractivity contribution is 5.74. The standard InChI is InChI=1S/C20H31N3O4/c1-4-23(13-19(24)25)17-11-16(12-17)22-20(26)21-10-9-14(2)15-5-7-18(27-3)8-6-15/h5-8,14,16-17H,4,9-13H2,1-3H3,(H,24,25)(H2,21,22,26). The number of carbonyl (C=O) groups excluding carboxylic acids is 1. The average molecular weight is 377 g/mol. The lowest BCUT2D eigenvalue weighted by molar-refractivity contribution is -0.139. The predicted molar refractivity (Wildman–Crippen MR) is 104 cm³/mol. The van der Waals surface area contributed by atoms with Crippen molar-refractivity contribution in [3.05, 3.63) is 29.8 Å². The molecule has 1 unspecified atom stereocenters. The van der Waals surface area contributed by atoms with E-state index in [1.165, 1.54) is 5.56 Å². The minimum atomic E-state index is -0.808.